The summed E-state index contributed by atoms with van der Waals surface area (Å²) in [6.45, 7) is 6.17. The second-order valence-corrected chi connectivity index (χ2v) is 2.30. The number of nitrogens with zero attached hydrogens (tertiary/aromatic N) is 1. The van der Waals surface area contributed by atoms with Crippen LogP contribution in [0, 0.1) is 27.0 Å². The highest BCUT2D eigenvalue weighted by Crippen LogP contribution is 2.07. The van der Waals surface area contributed by atoms with Crippen LogP contribution in [-0.2, 0) is 0 Å². The lowest BCUT2D eigenvalue weighted by Crippen LogP contribution is -1.87. The quantitative estimate of drug-likeness (QED) is 0.508. The van der Waals surface area contributed by atoms with Crippen molar-refractivity contribution in [1.29, 1.82) is 0 Å². The van der Waals surface area contributed by atoms with E-state index in [-0.39, 0.29) is 0 Å². The lowest BCUT2D eigenvalue weighted by Gasteiger charge is -1.99. The van der Waals surface area contributed by atoms with E-state index < -0.39 is 0 Å². The van der Waals surface area contributed by atoms with E-state index in [9.17, 15) is 0 Å². The van der Waals surface area contributed by atoms with Gasteiger partial charge in [-0.05, 0) is 37.5 Å². The molecule has 0 aliphatic rings. The first-order valence-electron chi connectivity index (χ1n) is 3.02. The number of pyridine rings is 1. The molecular weight excluding hydrogens is 110 g/mol. The zero-order valence-electron chi connectivity index (χ0n) is 6.02. The van der Waals surface area contributed by atoms with Crippen LogP contribution in [-0.4, -0.2) is 4.98 Å². The van der Waals surface area contributed by atoms with Gasteiger partial charge >= 0.3 is 0 Å². The maximum absolute atomic E-state index is 3.92. The summed E-state index contributed by atoms with van der Waals surface area (Å²) in [5.41, 5.74) is 3.69. The van der Waals surface area contributed by atoms with Crippen LogP contribution in [0.4, 0.5) is 0 Å². The van der Waals surface area contributed by atoms with Gasteiger partial charge in [0.1, 0.15) is 0 Å². The van der Waals surface area contributed by atoms with Crippen LogP contribution in [0.15, 0.2) is 6.20 Å². The van der Waals surface area contributed by atoms with E-state index >= 15 is 0 Å². The van der Waals surface area contributed by atoms with Gasteiger partial charge in [0.15, 0.2) is 0 Å². The van der Waals surface area contributed by atoms with Crippen LogP contribution >= 0.6 is 0 Å². The lowest BCUT2D eigenvalue weighted by atomic mass is 10.1. The predicted molar refractivity (Wildman–Crippen MR) is 37.3 cm³/mol. The fraction of sp³-hybridized carbons (Fsp3) is 0.375. The van der Waals surface area contributed by atoms with E-state index in [1.165, 1.54) is 11.1 Å². The minimum absolute atomic E-state index is 1.15. The largest absolute Gasteiger partial charge is 0.254 e. The van der Waals surface area contributed by atoms with Crippen LogP contribution in [0.5, 0.6) is 0 Å². The van der Waals surface area contributed by atoms with Crippen molar-refractivity contribution < 1.29 is 0 Å². The Labute approximate surface area is 55.7 Å². The van der Waals surface area contributed by atoms with Crippen LogP contribution in [0.25, 0.3) is 0 Å². The normalized spacial score (nSPS) is 9.67. The minimum atomic E-state index is 1.15. The van der Waals surface area contributed by atoms with Gasteiger partial charge in [-0.3, -0.25) is 4.98 Å². The summed E-state index contributed by atoms with van der Waals surface area (Å²) in [5.74, 6) is 0. The van der Waals surface area contributed by atoms with E-state index in [1.807, 2.05) is 13.1 Å². The molecule has 0 unspecified atom stereocenters. The molecule has 0 aromatic carbocycles. The van der Waals surface area contributed by atoms with E-state index in [0.717, 1.165) is 5.56 Å². The zero-order chi connectivity index (χ0) is 6.85. The standard InChI is InChI=1S/C8H10N/c1-6-4-9-5-7(2)8(6)3/h4H,1-3H3. The lowest BCUT2D eigenvalue weighted by molar-refractivity contribution is 1.15. The summed E-state index contributed by atoms with van der Waals surface area (Å²) in [6.07, 6.45) is 4.73. The highest BCUT2D eigenvalue weighted by atomic mass is 14.6. The molecule has 0 aliphatic carbocycles. The van der Waals surface area contributed by atoms with Gasteiger partial charge in [-0.25, -0.2) is 0 Å². The summed E-state index contributed by atoms with van der Waals surface area (Å²) >= 11 is 0. The molecule has 0 saturated heterocycles. The fourth-order valence-electron chi connectivity index (χ4n) is 0.702. The molecule has 0 bridgehead atoms. The number of hydrogen-bond donors (Lipinski definition) is 0. The molecular formula is C8H10N. The second kappa shape index (κ2) is 2.18. The Kier molecular flexibility index (Phi) is 1.52. The average molecular weight is 120 g/mol. The summed E-state index contributed by atoms with van der Waals surface area (Å²) in [4.78, 5) is 3.92. The first kappa shape index (κ1) is 6.27. The summed E-state index contributed by atoms with van der Waals surface area (Å²) in [6, 6.07) is 0. The number of hydrogen-bond acceptors (Lipinski definition) is 1. The molecule has 1 heterocycles. The molecule has 1 radical (unpaired) electrons. The van der Waals surface area contributed by atoms with Crippen molar-refractivity contribution in [2.24, 2.45) is 0 Å². The van der Waals surface area contributed by atoms with Crippen LogP contribution in [0.3, 0.4) is 0 Å². The van der Waals surface area contributed by atoms with Gasteiger partial charge in [-0.15, -0.1) is 0 Å². The third kappa shape index (κ3) is 1.10. The topological polar surface area (TPSA) is 12.9 Å². The molecule has 0 amide bonds. The van der Waals surface area contributed by atoms with Crippen molar-refractivity contribution in [3.8, 4) is 0 Å². The van der Waals surface area contributed by atoms with Crippen molar-refractivity contribution in [2.45, 2.75) is 20.8 Å². The van der Waals surface area contributed by atoms with Gasteiger partial charge in [0.2, 0.25) is 0 Å². The molecule has 0 fully saturated rings. The Hall–Kier alpha value is -0.850. The van der Waals surface area contributed by atoms with Gasteiger partial charge < -0.3 is 0 Å². The van der Waals surface area contributed by atoms with E-state index in [4.69, 9.17) is 0 Å². The van der Waals surface area contributed by atoms with Crippen LogP contribution in [0.2, 0.25) is 0 Å². The number of aryl methyl sites for hydroxylation is 2. The molecule has 47 valence electrons. The van der Waals surface area contributed by atoms with Gasteiger partial charge in [0, 0.05) is 6.20 Å². The Bertz CT molecular complexity index is 196. The summed E-state index contributed by atoms with van der Waals surface area (Å²) < 4.78 is 0. The molecule has 1 aromatic rings. The average Bonchev–Trinajstić information content (AvgIpc) is 1.83. The maximum Gasteiger partial charge on any atom is 0.0920 e. The fourth-order valence-corrected chi connectivity index (χ4v) is 0.702. The SMILES string of the molecule is Cc1[c]ncc(C)c1C. The monoisotopic (exact) mass is 120 g/mol. The number of rotatable bonds is 0. The third-order valence-electron chi connectivity index (χ3n) is 1.64. The molecule has 1 nitrogen and oxygen atoms in total. The van der Waals surface area contributed by atoms with E-state index in [0.29, 0.717) is 0 Å². The highest BCUT2D eigenvalue weighted by molar-refractivity contribution is 5.26. The predicted octanol–water partition coefficient (Wildman–Crippen LogP) is 1.81. The van der Waals surface area contributed by atoms with E-state index in [2.05, 4.69) is 25.0 Å². The van der Waals surface area contributed by atoms with Crippen molar-refractivity contribution in [3.05, 3.63) is 29.1 Å². The first-order valence-corrected chi connectivity index (χ1v) is 3.02. The smallest absolute Gasteiger partial charge is 0.0920 e. The molecule has 0 N–H and O–H groups in total. The van der Waals surface area contributed by atoms with Gasteiger partial charge in [-0.2, -0.15) is 0 Å². The summed E-state index contributed by atoms with van der Waals surface area (Å²) in [5, 5.41) is 0. The van der Waals surface area contributed by atoms with Crippen molar-refractivity contribution in [1.82, 2.24) is 4.98 Å². The molecule has 1 heteroatoms. The van der Waals surface area contributed by atoms with Crippen molar-refractivity contribution in [3.63, 3.8) is 0 Å². The van der Waals surface area contributed by atoms with Crippen molar-refractivity contribution >= 4 is 0 Å². The first-order chi connectivity index (χ1) is 4.22. The molecule has 0 aliphatic heterocycles. The van der Waals surface area contributed by atoms with Crippen molar-refractivity contribution in [2.75, 3.05) is 0 Å². The van der Waals surface area contributed by atoms with Crippen LogP contribution in [0.1, 0.15) is 16.7 Å². The summed E-state index contributed by atoms with van der Waals surface area (Å²) in [7, 11) is 0. The van der Waals surface area contributed by atoms with Gasteiger partial charge in [0.05, 0.1) is 6.20 Å². The Morgan fingerprint density at radius 1 is 1.33 bits per heavy atom. The van der Waals surface area contributed by atoms with E-state index in [1.54, 1.807) is 0 Å². The van der Waals surface area contributed by atoms with Crippen LogP contribution < -0.4 is 0 Å². The molecule has 0 atom stereocenters. The molecule has 0 spiro atoms. The number of aromatic nitrogens is 1. The molecule has 9 heavy (non-hydrogen) atoms. The molecule has 1 rings (SSSR count). The second-order valence-electron chi connectivity index (χ2n) is 2.30. The van der Waals surface area contributed by atoms with Gasteiger partial charge in [0.25, 0.3) is 0 Å². The molecule has 1 aromatic heterocycles. The Balaban J connectivity index is 3.25. The highest BCUT2D eigenvalue weighted by Gasteiger charge is 1.93. The van der Waals surface area contributed by atoms with Gasteiger partial charge in [-0.1, -0.05) is 0 Å². The Morgan fingerprint density at radius 3 is 2.44 bits per heavy atom. The Morgan fingerprint density at radius 2 is 2.00 bits per heavy atom. The molecule has 0 saturated carbocycles. The zero-order valence-corrected chi connectivity index (χ0v) is 6.02. The third-order valence-corrected chi connectivity index (χ3v) is 1.64. The maximum atomic E-state index is 3.92. The minimum Gasteiger partial charge on any atom is -0.254 e.